The Morgan fingerprint density at radius 1 is 0.923 bits per heavy atom. The van der Waals surface area contributed by atoms with Gasteiger partial charge in [0.15, 0.2) is 0 Å². The Balaban J connectivity index is 1.70. The normalized spacial score (nSPS) is 22.4. The number of carbonyl (C=O) groups excluding carboxylic acids is 2. The van der Waals surface area contributed by atoms with E-state index < -0.39 is 6.04 Å². The van der Waals surface area contributed by atoms with E-state index in [1.165, 1.54) is 5.56 Å². The highest BCUT2D eigenvalue weighted by molar-refractivity contribution is 5.97. The summed E-state index contributed by atoms with van der Waals surface area (Å²) in [5.74, 6) is 0.227. The second-order valence-corrected chi connectivity index (χ2v) is 7.60. The van der Waals surface area contributed by atoms with Crippen molar-refractivity contribution in [3.63, 3.8) is 0 Å². The van der Waals surface area contributed by atoms with Gasteiger partial charge in [-0.15, -0.1) is 0 Å². The first-order chi connectivity index (χ1) is 12.6. The second-order valence-electron chi connectivity index (χ2n) is 7.60. The summed E-state index contributed by atoms with van der Waals surface area (Å²) in [5.41, 5.74) is 3.39. The van der Waals surface area contributed by atoms with Gasteiger partial charge >= 0.3 is 0 Å². The molecular formula is C22H24N2O2. The van der Waals surface area contributed by atoms with Crippen LogP contribution in [0.3, 0.4) is 0 Å². The van der Waals surface area contributed by atoms with Gasteiger partial charge in [-0.3, -0.25) is 9.59 Å². The predicted molar refractivity (Wildman–Crippen MR) is 100 cm³/mol. The molecule has 0 aliphatic carbocycles. The zero-order valence-corrected chi connectivity index (χ0v) is 15.3. The Bertz CT molecular complexity index is 831. The fraction of sp³-hybridized carbons (Fsp3) is 0.364. The quantitative estimate of drug-likeness (QED) is 0.855. The third kappa shape index (κ3) is 2.79. The first-order valence-corrected chi connectivity index (χ1v) is 9.28. The zero-order chi connectivity index (χ0) is 18.3. The maximum Gasteiger partial charge on any atom is 0.246 e. The van der Waals surface area contributed by atoms with Crippen LogP contribution in [-0.4, -0.2) is 33.7 Å². The lowest BCUT2D eigenvalue weighted by Crippen LogP contribution is -2.66. The highest BCUT2D eigenvalue weighted by Gasteiger charge is 2.48. The van der Waals surface area contributed by atoms with E-state index in [4.69, 9.17) is 0 Å². The summed E-state index contributed by atoms with van der Waals surface area (Å²) in [5, 5.41) is 0. The molecule has 2 atom stereocenters. The lowest BCUT2D eigenvalue weighted by Gasteiger charge is -2.48. The fourth-order valence-electron chi connectivity index (χ4n) is 4.21. The van der Waals surface area contributed by atoms with Gasteiger partial charge in [-0.1, -0.05) is 68.4 Å². The molecule has 1 saturated heterocycles. The molecule has 1 fully saturated rings. The van der Waals surface area contributed by atoms with Crippen molar-refractivity contribution in [1.82, 2.24) is 9.80 Å². The molecule has 4 heteroatoms. The first-order valence-electron chi connectivity index (χ1n) is 9.28. The number of benzene rings is 2. The third-order valence-electron chi connectivity index (χ3n) is 5.52. The van der Waals surface area contributed by atoms with Crippen LogP contribution in [0.15, 0.2) is 54.6 Å². The molecule has 2 aromatic carbocycles. The molecule has 0 saturated carbocycles. The van der Waals surface area contributed by atoms with E-state index >= 15 is 0 Å². The maximum atomic E-state index is 13.4. The van der Waals surface area contributed by atoms with Gasteiger partial charge in [0, 0.05) is 19.5 Å². The van der Waals surface area contributed by atoms with Crippen LogP contribution >= 0.6 is 0 Å². The Kier molecular flexibility index (Phi) is 4.27. The highest BCUT2D eigenvalue weighted by Crippen LogP contribution is 2.32. The van der Waals surface area contributed by atoms with Crippen LogP contribution in [0.4, 0.5) is 0 Å². The molecule has 2 heterocycles. The molecule has 2 aliphatic rings. The number of rotatable bonds is 3. The van der Waals surface area contributed by atoms with Gasteiger partial charge in [0.1, 0.15) is 12.1 Å². The van der Waals surface area contributed by atoms with Crippen LogP contribution in [0.25, 0.3) is 0 Å². The van der Waals surface area contributed by atoms with Gasteiger partial charge in [0.25, 0.3) is 0 Å². The smallest absolute Gasteiger partial charge is 0.246 e. The molecule has 0 radical (unpaired) electrons. The number of carbonyl (C=O) groups is 2. The standard InChI is InChI=1S/C22H24N2O2/c1-15(2)20-22(26)23-14-18-11-7-6-10-17(18)12-19(23)21(25)24(20)13-16-8-4-3-5-9-16/h3-11,15,19-20H,12-14H2,1-2H3/t19-,20+/m1/s1. The van der Waals surface area contributed by atoms with Crippen molar-refractivity contribution in [2.24, 2.45) is 5.92 Å². The number of fused-ring (bicyclic) bond motifs is 2. The molecule has 0 N–H and O–H groups in total. The predicted octanol–water partition coefficient (Wildman–Crippen LogP) is 3.01. The summed E-state index contributed by atoms with van der Waals surface area (Å²) in [6.07, 6.45) is 0.608. The molecule has 26 heavy (non-hydrogen) atoms. The minimum absolute atomic E-state index is 0.0710. The summed E-state index contributed by atoms with van der Waals surface area (Å²) in [6, 6.07) is 17.3. The molecule has 134 valence electrons. The third-order valence-corrected chi connectivity index (χ3v) is 5.52. The van der Waals surface area contributed by atoms with Crippen molar-refractivity contribution in [1.29, 1.82) is 0 Å². The molecule has 2 aromatic rings. The fourth-order valence-corrected chi connectivity index (χ4v) is 4.21. The lowest BCUT2D eigenvalue weighted by atomic mass is 9.87. The van der Waals surface area contributed by atoms with Gasteiger partial charge < -0.3 is 9.80 Å². The van der Waals surface area contributed by atoms with Crippen molar-refractivity contribution in [3.05, 3.63) is 71.3 Å². The van der Waals surface area contributed by atoms with E-state index in [2.05, 4.69) is 12.1 Å². The Hall–Kier alpha value is -2.62. The van der Waals surface area contributed by atoms with E-state index in [0.29, 0.717) is 19.5 Å². The molecule has 2 amide bonds. The van der Waals surface area contributed by atoms with E-state index in [1.807, 2.05) is 56.3 Å². The molecule has 0 bridgehead atoms. The van der Waals surface area contributed by atoms with Crippen molar-refractivity contribution in [2.45, 2.75) is 45.4 Å². The summed E-state index contributed by atoms with van der Waals surface area (Å²) >= 11 is 0. The molecule has 4 nitrogen and oxygen atoms in total. The van der Waals surface area contributed by atoms with Crippen LogP contribution in [0.1, 0.15) is 30.5 Å². The maximum absolute atomic E-state index is 13.4. The van der Waals surface area contributed by atoms with Gasteiger partial charge in [-0.2, -0.15) is 0 Å². The van der Waals surface area contributed by atoms with Gasteiger partial charge in [0.2, 0.25) is 11.8 Å². The van der Waals surface area contributed by atoms with E-state index in [1.54, 1.807) is 9.80 Å². The van der Waals surface area contributed by atoms with Crippen LogP contribution in [0, 0.1) is 5.92 Å². The average Bonchev–Trinajstić information content (AvgIpc) is 2.65. The van der Waals surface area contributed by atoms with Gasteiger partial charge in [-0.25, -0.2) is 0 Å². The number of nitrogens with zero attached hydrogens (tertiary/aromatic N) is 2. The van der Waals surface area contributed by atoms with Crippen LogP contribution in [0.2, 0.25) is 0 Å². The summed E-state index contributed by atoms with van der Waals surface area (Å²) in [6.45, 7) is 5.06. The Morgan fingerprint density at radius 2 is 1.58 bits per heavy atom. The first kappa shape index (κ1) is 16.8. The van der Waals surface area contributed by atoms with Crippen molar-refractivity contribution in [3.8, 4) is 0 Å². The van der Waals surface area contributed by atoms with Crippen molar-refractivity contribution >= 4 is 11.8 Å². The second kappa shape index (κ2) is 6.60. The topological polar surface area (TPSA) is 40.6 Å². The number of hydrogen-bond acceptors (Lipinski definition) is 2. The van der Waals surface area contributed by atoms with Crippen LogP contribution < -0.4 is 0 Å². The molecule has 0 aromatic heterocycles. The monoisotopic (exact) mass is 348 g/mol. The Morgan fingerprint density at radius 3 is 2.27 bits per heavy atom. The SMILES string of the molecule is CC(C)[C@H]1C(=O)N2Cc3ccccc3C[C@@H]2C(=O)N1Cc1ccccc1. The zero-order valence-electron chi connectivity index (χ0n) is 15.3. The Labute approximate surface area is 154 Å². The largest absolute Gasteiger partial charge is 0.324 e. The molecule has 4 rings (SSSR count). The van der Waals surface area contributed by atoms with E-state index in [0.717, 1.165) is 11.1 Å². The number of hydrogen-bond donors (Lipinski definition) is 0. The number of piperazine rings is 1. The van der Waals surface area contributed by atoms with Crippen molar-refractivity contribution in [2.75, 3.05) is 0 Å². The summed E-state index contributed by atoms with van der Waals surface area (Å²) in [7, 11) is 0. The average molecular weight is 348 g/mol. The van der Waals surface area contributed by atoms with Crippen molar-refractivity contribution < 1.29 is 9.59 Å². The minimum atomic E-state index is -0.399. The lowest BCUT2D eigenvalue weighted by molar-refractivity contribution is -0.166. The minimum Gasteiger partial charge on any atom is -0.324 e. The highest BCUT2D eigenvalue weighted by atomic mass is 16.2. The molecule has 0 spiro atoms. The molecule has 2 aliphatic heterocycles. The van der Waals surface area contributed by atoms with E-state index in [9.17, 15) is 9.59 Å². The molecular weight excluding hydrogens is 324 g/mol. The van der Waals surface area contributed by atoms with Gasteiger partial charge in [0.05, 0.1) is 0 Å². The van der Waals surface area contributed by atoms with Crippen LogP contribution in [0.5, 0.6) is 0 Å². The number of amides is 2. The van der Waals surface area contributed by atoms with Gasteiger partial charge in [-0.05, 0) is 22.6 Å². The molecule has 0 unspecified atom stereocenters. The summed E-state index contributed by atoms with van der Waals surface area (Å²) < 4.78 is 0. The van der Waals surface area contributed by atoms with E-state index in [-0.39, 0.29) is 23.8 Å². The summed E-state index contributed by atoms with van der Waals surface area (Å²) in [4.78, 5) is 30.3. The van der Waals surface area contributed by atoms with Crippen LogP contribution in [-0.2, 0) is 29.1 Å².